The van der Waals surface area contributed by atoms with Crippen LogP contribution in [0.15, 0.2) is 0 Å². The van der Waals surface area contributed by atoms with Gasteiger partial charge in [-0.25, -0.2) is 4.79 Å². The molecule has 0 bridgehead atoms. The van der Waals surface area contributed by atoms with Gasteiger partial charge in [-0.05, 0) is 51.9 Å². The van der Waals surface area contributed by atoms with Gasteiger partial charge in [-0.1, -0.05) is 13.8 Å². The molecule has 0 spiro atoms. The van der Waals surface area contributed by atoms with Gasteiger partial charge >= 0.3 is 6.09 Å². The summed E-state index contributed by atoms with van der Waals surface area (Å²) in [5.41, 5.74) is 5.59. The van der Waals surface area contributed by atoms with E-state index in [1.807, 2.05) is 39.5 Å². The number of hydrogen-bond donors (Lipinski definition) is 1. The monoisotopic (exact) mass is 339 g/mol. The maximum Gasteiger partial charge on any atom is 0.410 e. The average molecular weight is 339 g/mol. The Labute approximate surface area is 145 Å². The number of rotatable bonds is 5. The van der Waals surface area contributed by atoms with Crippen molar-refractivity contribution in [3.63, 3.8) is 0 Å². The molecule has 6 nitrogen and oxygen atoms in total. The number of carbonyl (C=O) groups is 2. The summed E-state index contributed by atoms with van der Waals surface area (Å²) in [5, 5.41) is 0. The van der Waals surface area contributed by atoms with Gasteiger partial charge in [0.15, 0.2) is 0 Å². The van der Waals surface area contributed by atoms with Crippen molar-refractivity contribution in [2.24, 2.45) is 17.6 Å². The maximum atomic E-state index is 12.7. The summed E-state index contributed by atoms with van der Waals surface area (Å²) in [7, 11) is 0. The predicted molar refractivity (Wildman–Crippen MR) is 93.5 cm³/mol. The Bertz CT molecular complexity index is 469. The van der Waals surface area contributed by atoms with Crippen LogP contribution in [0.2, 0.25) is 0 Å². The van der Waals surface area contributed by atoms with Crippen LogP contribution in [0.4, 0.5) is 4.79 Å². The van der Waals surface area contributed by atoms with Crippen LogP contribution < -0.4 is 5.73 Å². The molecule has 2 N–H and O–H groups in total. The van der Waals surface area contributed by atoms with Crippen molar-refractivity contribution < 1.29 is 14.3 Å². The molecule has 2 amide bonds. The first-order valence-corrected chi connectivity index (χ1v) is 9.12. The number of carbonyl (C=O) groups excluding carboxylic acids is 2. The fourth-order valence-electron chi connectivity index (χ4n) is 3.03. The summed E-state index contributed by atoms with van der Waals surface area (Å²) in [6, 6.07) is -0.0909. The minimum Gasteiger partial charge on any atom is -0.444 e. The topological polar surface area (TPSA) is 75.9 Å². The highest BCUT2D eigenvalue weighted by molar-refractivity contribution is 5.82. The molecule has 0 unspecified atom stereocenters. The first kappa shape index (κ1) is 19.0. The quantitative estimate of drug-likeness (QED) is 0.833. The molecule has 6 heteroatoms. The highest BCUT2D eigenvalue weighted by atomic mass is 16.6. The lowest BCUT2D eigenvalue weighted by atomic mass is 10.0. The Kier molecular flexibility index (Phi) is 5.78. The van der Waals surface area contributed by atoms with E-state index in [-0.39, 0.29) is 17.9 Å². The van der Waals surface area contributed by atoms with E-state index in [0.717, 1.165) is 19.3 Å². The van der Waals surface area contributed by atoms with E-state index in [1.165, 1.54) is 0 Å². The third-order valence-electron chi connectivity index (χ3n) is 4.67. The fourth-order valence-corrected chi connectivity index (χ4v) is 3.03. The van der Waals surface area contributed by atoms with Gasteiger partial charge in [-0.15, -0.1) is 0 Å². The zero-order valence-electron chi connectivity index (χ0n) is 15.7. The van der Waals surface area contributed by atoms with Crippen molar-refractivity contribution in [2.45, 2.75) is 71.6 Å². The highest BCUT2D eigenvalue weighted by Crippen LogP contribution is 2.30. The molecule has 0 radical (unpaired) electrons. The van der Waals surface area contributed by atoms with Crippen LogP contribution in [0.1, 0.15) is 53.9 Å². The molecule has 0 aromatic heterocycles. The second kappa shape index (κ2) is 7.30. The van der Waals surface area contributed by atoms with Gasteiger partial charge in [0.1, 0.15) is 5.60 Å². The molecule has 2 atom stereocenters. The van der Waals surface area contributed by atoms with E-state index in [2.05, 4.69) is 0 Å². The molecular formula is C18H33N3O3. The van der Waals surface area contributed by atoms with Crippen molar-refractivity contribution in [2.75, 3.05) is 19.6 Å². The van der Waals surface area contributed by atoms with Crippen LogP contribution in [-0.4, -0.2) is 59.1 Å². The zero-order chi connectivity index (χ0) is 18.1. The molecule has 0 aromatic rings. The third-order valence-corrected chi connectivity index (χ3v) is 4.67. The number of ether oxygens (including phenoxy) is 1. The largest absolute Gasteiger partial charge is 0.444 e. The molecule has 2 fully saturated rings. The fraction of sp³-hybridized carbons (Fsp3) is 0.889. The van der Waals surface area contributed by atoms with Gasteiger partial charge in [-0.3, -0.25) is 4.79 Å². The summed E-state index contributed by atoms with van der Waals surface area (Å²) in [6.07, 6.45) is 2.79. The molecule has 2 aliphatic rings. The third kappa shape index (κ3) is 5.10. The number of nitrogens with zero attached hydrogens (tertiary/aromatic N) is 2. The van der Waals surface area contributed by atoms with Gasteiger partial charge in [-0.2, -0.15) is 0 Å². The van der Waals surface area contributed by atoms with Gasteiger partial charge in [0.05, 0.1) is 6.04 Å². The minimum atomic E-state index is -0.477. The van der Waals surface area contributed by atoms with Crippen molar-refractivity contribution >= 4 is 12.0 Å². The van der Waals surface area contributed by atoms with Crippen LogP contribution in [-0.2, 0) is 9.53 Å². The summed E-state index contributed by atoms with van der Waals surface area (Å²) < 4.78 is 5.44. The molecule has 0 aromatic carbocycles. The smallest absolute Gasteiger partial charge is 0.410 e. The van der Waals surface area contributed by atoms with E-state index in [9.17, 15) is 9.59 Å². The zero-order valence-corrected chi connectivity index (χ0v) is 15.7. The molecular weight excluding hydrogens is 306 g/mol. The molecule has 138 valence electrons. The van der Waals surface area contributed by atoms with Gasteiger partial charge in [0, 0.05) is 25.7 Å². The van der Waals surface area contributed by atoms with Crippen LogP contribution in [0.25, 0.3) is 0 Å². The van der Waals surface area contributed by atoms with Crippen molar-refractivity contribution in [3.8, 4) is 0 Å². The molecule has 24 heavy (non-hydrogen) atoms. The van der Waals surface area contributed by atoms with E-state index in [1.54, 1.807) is 4.90 Å². The molecule has 1 saturated carbocycles. The SMILES string of the molecule is CC(C)[C@H](N)C(=O)N(C[C@H]1CCN(C(=O)OC(C)(C)C)C1)C1CC1. The van der Waals surface area contributed by atoms with Crippen LogP contribution in [0, 0.1) is 11.8 Å². The van der Waals surface area contributed by atoms with Crippen molar-refractivity contribution in [1.29, 1.82) is 0 Å². The van der Waals surface area contributed by atoms with E-state index in [4.69, 9.17) is 10.5 Å². The molecule has 1 aliphatic heterocycles. The van der Waals surface area contributed by atoms with E-state index < -0.39 is 11.6 Å². The Balaban J connectivity index is 1.90. The Hall–Kier alpha value is -1.30. The van der Waals surface area contributed by atoms with Crippen LogP contribution in [0.3, 0.4) is 0 Å². The molecule has 1 saturated heterocycles. The molecule has 2 rings (SSSR count). The second-order valence-electron chi connectivity index (χ2n) is 8.57. The lowest BCUT2D eigenvalue weighted by Crippen LogP contribution is -2.49. The Morgan fingerprint density at radius 1 is 1.25 bits per heavy atom. The summed E-state index contributed by atoms with van der Waals surface area (Å²) in [6.45, 7) is 11.6. The first-order valence-electron chi connectivity index (χ1n) is 9.12. The maximum absolute atomic E-state index is 12.7. The predicted octanol–water partition coefficient (Wildman–Crippen LogP) is 2.22. The van der Waals surface area contributed by atoms with E-state index in [0.29, 0.717) is 31.6 Å². The molecule has 1 aliphatic carbocycles. The summed E-state index contributed by atoms with van der Waals surface area (Å²) in [5.74, 6) is 0.505. The standard InChI is InChI=1S/C18H33N3O3/c1-12(2)15(19)16(22)21(14-6-7-14)11-13-8-9-20(10-13)17(23)24-18(3,4)5/h12-15H,6-11,19H2,1-5H3/t13-,15-/m0/s1. The number of hydrogen-bond acceptors (Lipinski definition) is 4. The number of nitrogens with two attached hydrogens (primary N) is 1. The number of likely N-dealkylation sites (tertiary alicyclic amines) is 1. The molecule has 1 heterocycles. The Morgan fingerprint density at radius 2 is 1.88 bits per heavy atom. The normalized spacial score (nSPS) is 22.6. The van der Waals surface area contributed by atoms with Crippen LogP contribution >= 0.6 is 0 Å². The lowest BCUT2D eigenvalue weighted by molar-refractivity contribution is -0.134. The van der Waals surface area contributed by atoms with E-state index >= 15 is 0 Å². The second-order valence-corrected chi connectivity index (χ2v) is 8.57. The first-order chi connectivity index (χ1) is 11.1. The highest BCUT2D eigenvalue weighted by Gasteiger charge is 2.38. The number of amides is 2. The average Bonchev–Trinajstić information content (AvgIpc) is 3.19. The van der Waals surface area contributed by atoms with Crippen molar-refractivity contribution in [3.05, 3.63) is 0 Å². The summed E-state index contributed by atoms with van der Waals surface area (Å²) >= 11 is 0. The van der Waals surface area contributed by atoms with Gasteiger partial charge < -0.3 is 20.3 Å². The van der Waals surface area contributed by atoms with Gasteiger partial charge in [0.25, 0.3) is 0 Å². The Morgan fingerprint density at radius 3 is 2.38 bits per heavy atom. The van der Waals surface area contributed by atoms with Gasteiger partial charge in [0.2, 0.25) is 5.91 Å². The minimum absolute atomic E-state index is 0.0585. The summed E-state index contributed by atoms with van der Waals surface area (Å²) in [4.78, 5) is 28.5. The lowest BCUT2D eigenvalue weighted by Gasteiger charge is -2.30. The van der Waals surface area contributed by atoms with Crippen LogP contribution in [0.5, 0.6) is 0 Å². The van der Waals surface area contributed by atoms with Crippen molar-refractivity contribution in [1.82, 2.24) is 9.80 Å².